The van der Waals surface area contributed by atoms with E-state index in [1.807, 2.05) is 0 Å². The van der Waals surface area contributed by atoms with Crippen molar-refractivity contribution in [3.05, 3.63) is 0 Å². The van der Waals surface area contributed by atoms with Crippen molar-refractivity contribution in [3.63, 3.8) is 0 Å². The Morgan fingerprint density at radius 1 is 1.38 bits per heavy atom. The van der Waals surface area contributed by atoms with Crippen molar-refractivity contribution < 1.29 is 0 Å². The Morgan fingerprint density at radius 3 is 3.00 bits per heavy atom. The van der Waals surface area contributed by atoms with Crippen LogP contribution in [0, 0.1) is 5.92 Å². The van der Waals surface area contributed by atoms with Gasteiger partial charge in [-0.25, -0.2) is 0 Å². The molecule has 0 spiro atoms. The molecule has 2 rings (SSSR count). The number of hydrogen-bond donors (Lipinski definition) is 1. The standard InChI is InChI=1S/C10H20N2S/c11-6-10-2-1-4-12(10)7-9-3-5-13-8-9/h9-10H,1-8,11H2. The third-order valence-corrected chi connectivity index (χ3v) is 4.52. The molecule has 0 radical (unpaired) electrons. The SMILES string of the molecule is NCC1CCCN1CC1CCSC1. The van der Waals surface area contributed by atoms with E-state index in [1.165, 1.54) is 43.9 Å². The van der Waals surface area contributed by atoms with Crippen molar-refractivity contribution in [2.75, 3.05) is 31.1 Å². The predicted molar refractivity (Wildman–Crippen MR) is 59.1 cm³/mol. The molecule has 76 valence electrons. The summed E-state index contributed by atoms with van der Waals surface area (Å²) in [6.07, 6.45) is 4.12. The molecule has 2 fully saturated rings. The molecular formula is C10H20N2S. The molecule has 0 aromatic heterocycles. The number of thioether (sulfide) groups is 1. The molecule has 2 unspecified atom stereocenters. The van der Waals surface area contributed by atoms with Crippen molar-refractivity contribution in [1.29, 1.82) is 0 Å². The Kier molecular flexibility index (Phi) is 3.52. The minimum absolute atomic E-state index is 0.700. The van der Waals surface area contributed by atoms with Crippen LogP contribution in [0.4, 0.5) is 0 Å². The van der Waals surface area contributed by atoms with E-state index in [2.05, 4.69) is 16.7 Å². The van der Waals surface area contributed by atoms with Gasteiger partial charge in [0.2, 0.25) is 0 Å². The second-order valence-corrected chi connectivity index (χ2v) is 5.41. The van der Waals surface area contributed by atoms with Crippen LogP contribution in [-0.2, 0) is 0 Å². The van der Waals surface area contributed by atoms with Crippen LogP contribution in [0.3, 0.4) is 0 Å². The predicted octanol–water partition coefficient (Wildman–Crippen LogP) is 1.16. The van der Waals surface area contributed by atoms with E-state index in [9.17, 15) is 0 Å². The first kappa shape index (κ1) is 9.81. The maximum absolute atomic E-state index is 5.75. The average molecular weight is 200 g/mol. The van der Waals surface area contributed by atoms with Crippen molar-refractivity contribution in [2.45, 2.75) is 25.3 Å². The summed E-state index contributed by atoms with van der Waals surface area (Å²) in [6, 6.07) is 0.700. The second-order valence-electron chi connectivity index (χ2n) is 4.26. The van der Waals surface area contributed by atoms with Gasteiger partial charge < -0.3 is 5.73 Å². The van der Waals surface area contributed by atoms with Gasteiger partial charge in [0.25, 0.3) is 0 Å². The Labute approximate surface area is 85.2 Å². The van der Waals surface area contributed by atoms with Crippen LogP contribution in [0.1, 0.15) is 19.3 Å². The lowest BCUT2D eigenvalue weighted by Gasteiger charge is -2.25. The molecular weight excluding hydrogens is 180 g/mol. The Balaban J connectivity index is 1.79. The normalized spacial score (nSPS) is 35.8. The van der Waals surface area contributed by atoms with Crippen molar-refractivity contribution in [1.82, 2.24) is 4.90 Å². The first-order valence-corrected chi connectivity index (χ1v) is 6.57. The van der Waals surface area contributed by atoms with Crippen molar-refractivity contribution in [3.8, 4) is 0 Å². The van der Waals surface area contributed by atoms with Gasteiger partial charge in [0.1, 0.15) is 0 Å². The maximum Gasteiger partial charge on any atom is 0.0219 e. The minimum atomic E-state index is 0.700. The molecule has 3 heteroatoms. The highest BCUT2D eigenvalue weighted by atomic mass is 32.2. The maximum atomic E-state index is 5.75. The molecule has 0 bridgehead atoms. The summed E-state index contributed by atoms with van der Waals surface area (Å²) in [5, 5.41) is 0. The van der Waals surface area contributed by atoms with Crippen LogP contribution >= 0.6 is 11.8 Å². The van der Waals surface area contributed by atoms with E-state index in [4.69, 9.17) is 5.73 Å². The van der Waals surface area contributed by atoms with Crippen LogP contribution in [0.5, 0.6) is 0 Å². The third kappa shape index (κ3) is 2.39. The van der Waals surface area contributed by atoms with Gasteiger partial charge in [0.15, 0.2) is 0 Å². The molecule has 2 atom stereocenters. The van der Waals surface area contributed by atoms with Gasteiger partial charge in [-0.15, -0.1) is 0 Å². The van der Waals surface area contributed by atoms with Gasteiger partial charge >= 0.3 is 0 Å². The van der Waals surface area contributed by atoms with Crippen LogP contribution < -0.4 is 5.73 Å². The number of nitrogens with two attached hydrogens (primary N) is 1. The Bertz CT molecular complexity index is 157. The number of hydrogen-bond acceptors (Lipinski definition) is 3. The summed E-state index contributed by atoms with van der Waals surface area (Å²) in [5.74, 6) is 3.72. The van der Waals surface area contributed by atoms with E-state index in [0.29, 0.717) is 6.04 Å². The largest absolute Gasteiger partial charge is 0.329 e. The molecule has 2 nitrogen and oxygen atoms in total. The molecule has 13 heavy (non-hydrogen) atoms. The zero-order valence-electron chi connectivity index (χ0n) is 8.24. The summed E-state index contributed by atoms with van der Waals surface area (Å²) in [6.45, 7) is 3.47. The van der Waals surface area contributed by atoms with Crippen LogP contribution in [-0.4, -0.2) is 42.1 Å². The second kappa shape index (κ2) is 4.67. The molecule has 0 aromatic rings. The van der Waals surface area contributed by atoms with Crippen molar-refractivity contribution >= 4 is 11.8 Å². The number of rotatable bonds is 3. The Morgan fingerprint density at radius 2 is 2.31 bits per heavy atom. The van der Waals surface area contributed by atoms with Crippen LogP contribution in [0.15, 0.2) is 0 Å². The van der Waals surface area contributed by atoms with E-state index in [0.717, 1.165) is 12.5 Å². The summed E-state index contributed by atoms with van der Waals surface area (Å²) < 4.78 is 0. The number of likely N-dealkylation sites (tertiary alicyclic amines) is 1. The quantitative estimate of drug-likeness (QED) is 0.741. The van der Waals surface area contributed by atoms with Crippen LogP contribution in [0.2, 0.25) is 0 Å². The zero-order valence-corrected chi connectivity index (χ0v) is 9.06. The average Bonchev–Trinajstić information content (AvgIpc) is 2.76. The van der Waals surface area contributed by atoms with Gasteiger partial charge in [0, 0.05) is 19.1 Å². The highest BCUT2D eigenvalue weighted by Gasteiger charge is 2.26. The van der Waals surface area contributed by atoms with Crippen molar-refractivity contribution in [2.24, 2.45) is 11.7 Å². The lowest BCUT2D eigenvalue weighted by atomic mass is 10.1. The molecule has 2 aliphatic rings. The highest BCUT2D eigenvalue weighted by molar-refractivity contribution is 7.99. The molecule has 0 aromatic carbocycles. The molecule has 0 saturated carbocycles. The van der Waals surface area contributed by atoms with Gasteiger partial charge in [-0.2, -0.15) is 11.8 Å². The summed E-state index contributed by atoms with van der Waals surface area (Å²) >= 11 is 2.12. The van der Waals surface area contributed by atoms with Gasteiger partial charge in [-0.1, -0.05) is 0 Å². The molecule has 0 aliphatic carbocycles. The fraction of sp³-hybridized carbons (Fsp3) is 1.00. The first-order valence-electron chi connectivity index (χ1n) is 5.42. The zero-order chi connectivity index (χ0) is 9.10. The smallest absolute Gasteiger partial charge is 0.0219 e. The topological polar surface area (TPSA) is 29.3 Å². The third-order valence-electron chi connectivity index (χ3n) is 3.29. The fourth-order valence-electron chi connectivity index (χ4n) is 2.46. The summed E-state index contributed by atoms with van der Waals surface area (Å²) in [4.78, 5) is 2.62. The minimum Gasteiger partial charge on any atom is -0.329 e. The molecule has 2 N–H and O–H groups in total. The fourth-order valence-corrected chi connectivity index (χ4v) is 3.73. The molecule has 2 aliphatic heterocycles. The molecule has 2 saturated heterocycles. The lowest BCUT2D eigenvalue weighted by molar-refractivity contribution is 0.226. The van der Waals surface area contributed by atoms with E-state index in [1.54, 1.807) is 0 Å². The Hall–Kier alpha value is 0.270. The van der Waals surface area contributed by atoms with E-state index >= 15 is 0 Å². The summed E-state index contributed by atoms with van der Waals surface area (Å²) in [7, 11) is 0. The van der Waals surface area contributed by atoms with Gasteiger partial charge in [-0.3, -0.25) is 4.90 Å². The highest BCUT2D eigenvalue weighted by Crippen LogP contribution is 2.26. The first-order chi connectivity index (χ1) is 6.40. The monoisotopic (exact) mass is 200 g/mol. The molecule has 2 heterocycles. The lowest BCUT2D eigenvalue weighted by Crippen LogP contribution is -2.38. The summed E-state index contributed by atoms with van der Waals surface area (Å²) in [5.41, 5.74) is 5.75. The van der Waals surface area contributed by atoms with E-state index < -0.39 is 0 Å². The van der Waals surface area contributed by atoms with E-state index in [-0.39, 0.29) is 0 Å². The number of nitrogens with zero attached hydrogens (tertiary/aromatic N) is 1. The van der Waals surface area contributed by atoms with Crippen LogP contribution in [0.25, 0.3) is 0 Å². The van der Waals surface area contributed by atoms with Gasteiger partial charge in [-0.05, 0) is 43.2 Å². The van der Waals surface area contributed by atoms with Gasteiger partial charge in [0.05, 0.1) is 0 Å². The molecule has 0 amide bonds.